The fourth-order valence-corrected chi connectivity index (χ4v) is 1.20. The van der Waals surface area contributed by atoms with Crippen molar-refractivity contribution in [2.24, 2.45) is 16.7 Å². The number of hydrogen-bond donors (Lipinski definition) is 0. The zero-order valence-electron chi connectivity index (χ0n) is 14.6. The zero-order chi connectivity index (χ0) is 14.7. The van der Waals surface area contributed by atoms with Crippen molar-refractivity contribution in [3.63, 3.8) is 0 Å². The Morgan fingerprint density at radius 1 is 1.31 bits per heavy atom. The molecule has 13 heavy (non-hydrogen) atoms. The molecule has 0 saturated carbocycles. The summed E-state index contributed by atoms with van der Waals surface area (Å²) in [7, 11) is 0. The molecule has 1 atom stereocenters. The summed E-state index contributed by atoms with van der Waals surface area (Å²) in [4.78, 5) is 0. The van der Waals surface area contributed by atoms with Gasteiger partial charge in [0.05, 0.1) is 1.37 Å². The van der Waals surface area contributed by atoms with Crippen molar-refractivity contribution in [1.29, 1.82) is 0 Å². The molecule has 0 heteroatoms. The summed E-state index contributed by atoms with van der Waals surface area (Å²) in [5.41, 5.74) is -0.700. The maximum absolute atomic E-state index is 8.27. The quantitative estimate of drug-likeness (QED) is 0.490. The van der Waals surface area contributed by atoms with E-state index >= 15 is 0 Å². The first-order valence-corrected chi connectivity index (χ1v) is 4.87. The molecule has 1 rings (SSSR count). The molecule has 76 valence electrons. The van der Waals surface area contributed by atoms with E-state index in [0.29, 0.717) is 5.57 Å². The van der Waals surface area contributed by atoms with Gasteiger partial charge in [-0.15, -0.1) is 0 Å². The molecular weight excluding hydrogens is 156 g/mol. The van der Waals surface area contributed by atoms with E-state index < -0.39 is 29.5 Å². The van der Waals surface area contributed by atoms with Gasteiger partial charge in [-0.1, -0.05) is 53.2 Å². The SMILES string of the molecule is [2H]C1=C(C(C)(C)C)C([2H])([2H])C([2H])([2H])C1C(C)(C)C. The van der Waals surface area contributed by atoms with Gasteiger partial charge in [-0.05, 0) is 29.5 Å². The van der Waals surface area contributed by atoms with Crippen LogP contribution in [0.25, 0.3) is 0 Å². The first-order chi connectivity index (χ1) is 7.65. The van der Waals surface area contributed by atoms with Crippen LogP contribution in [-0.2, 0) is 0 Å². The highest BCUT2D eigenvalue weighted by Gasteiger charge is 2.30. The molecule has 0 aromatic carbocycles. The first-order valence-electron chi connectivity index (χ1n) is 7.37. The lowest BCUT2D eigenvalue weighted by Gasteiger charge is -2.25. The molecule has 0 fully saturated rings. The Kier molecular flexibility index (Phi) is 1.35. The minimum Gasteiger partial charge on any atom is -0.0811 e. The molecule has 0 nitrogen and oxygen atoms in total. The van der Waals surface area contributed by atoms with Gasteiger partial charge in [0.15, 0.2) is 0 Å². The number of allylic oxidation sites excluding steroid dienone is 2. The van der Waals surface area contributed by atoms with E-state index in [0.717, 1.165) is 0 Å². The lowest BCUT2D eigenvalue weighted by Crippen LogP contribution is -2.15. The summed E-state index contributed by atoms with van der Waals surface area (Å²) >= 11 is 0. The molecule has 0 bridgehead atoms. The first kappa shape index (κ1) is 5.58. The summed E-state index contributed by atoms with van der Waals surface area (Å²) in [6.07, 6.45) is -4.12. The Hall–Kier alpha value is -0.260. The molecule has 1 aliphatic rings. The van der Waals surface area contributed by atoms with Crippen molar-refractivity contribution in [1.82, 2.24) is 0 Å². The van der Waals surface area contributed by atoms with E-state index in [-0.39, 0.29) is 6.05 Å². The van der Waals surface area contributed by atoms with Crippen molar-refractivity contribution in [2.75, 3.05) is 0 Å². The summed E-state index contributed by atoms with van der Waals surface area (Å²) in [6.45, 7) is 11.1. The average molecular weight is 185 g/mol. The van der Waals surface area contributed by atoms with Crippen LogP contribution in [0.2, 0.25) is 0 Å². The molecule has 0 aromatic heterocycles. The van der Waals surface area contributed by atoms with E-state index in [4.69, 9.17) is 6.85 Å². The molecule has 0 aliphatic heterocycles. The Bertz CT molecular complexity index is 379. The van der Waals surface area contributed by atoms with Crippen LogP contribution in [0.15, 0.2) is 11.6 Å². The second kappa shape index (κ2) is 3.15. The zero-order valence-corrected chi connectivity index (χ0v) is 9.58. The highest BCUT2D eigenvalue weighted by molar-refractivity contribution is 5.18. The maximum Gasteiger partial charge on any atom is 0.0579 e. The van der Waals surface area contributed by atoms with E-state index in [2.05, 4.69) is 0 Å². The summed E-state index contributed by atoms with van der Waals surface area (Å²) in [5, 5.41) is 0. The second-order valence-electron chi connectivity index (χ2n) is 5.84. The predicted molar refractivity (Wildman–Crippen MR) is 59.7 cm³/mol. The molecular formula is C13H24. The van der Waals surface area contributed by atoms with Crippen LogP contribution in [0.4, 0.5) is 0 Å². The molecule has 0 spiro atoms. The molecule has 1 aliphatic carbocycles. The molecule has 0 amide bonds. The minimum absolute atomic E-state index is 0.144. The highest BCUT2D eigenvalue weighted by Crippen LogP contribution is 2.43. The highest BCUT2D eigenvalue weighted by atomic mass is 14.4. The van der Waals surface area contributed by atoms with Crippen LogP contribution >= 0.6 is 0 Å². The van der Waals surface area contributed by atoms with Crippen LogP contribution in [0, 0.1) is 16.7 Å². The minimum atomic E-state index is -2.08. The number of rotatable bonds is 0. The molecule has 0 saturated heterocycles. The van der Waals surface area contributed by atoms with Gasteiger partial charge in [-0.25, -0.2) is 0 Å². The molecule has 0 heterocycles. The lowest BCUT2D eigenvalue weighted by molar-refractivity contribution is 0.290. The predicted octanol–water partition coefficient (Wildman–Crippen LogP) is 4.42. The Morgan fingerprint density at radius 3 is 2.08 bits per heavy atom. The topological polar surface area (TPSA) is 0 Å². The standard InChI is InChI=1S/C13H24/c1-12(2,3)10-7-8-11(9-10)13(4,5)6/h9-10H,7-8H2,1-6H3/i7D2,8D2,9D. The van der Waals surface area contributed by atoms with E-state index in [1.54, 1.807) is 0 Å². The summed E-state index contributed by atoms with van der Waals surface area (Å²) in [6, 6.07) is 0.144. The van der Waals surface area contributed by atoms with Crippen LogP contribution in [0.5, 0.6) is 0 Å². The lowest BCUT2D eigenvalue weighted by atomic mass is 9.80. The van der Waals surface area contributed by atoms with Crippen LogP contribution in [0.1, 0.15) is 61.1 Å². The Morgan fingerprint density at radius 2 is 1.85 bits per heavy atom. The fourth-order valence-electron chi connectivity index (χ4n) is 1.20. The second-order valence-corrected chi connectivity index (χ2v) is 5.84. The Balaban J connectivity index is 3.55. The van der Waals surface area contributed by atoms with Crippen LogP contribution in [0.3, 0.4) is 0 Å². The average Bonchev–Trinajstić information content (AvgIpc) is 2.08. The van der Waals surface area contributed by atoms with Crippen LogP contribution in [-0.4, -0.2) is 0 Å². The normalized spacial score (nSPS) is 38.9. The van der Waals surface area contributed by atoms with Gasteiger partial charge in [-0.2, -0.15) is 0 Å². The van der Waals surface area contributed by atoms with E-state index in [1.165, 1.54) is 0 Å². The third kappa shape index (κ3) is 2.59. The van der Waals surface area contributed by atoms with Crippen molar-refractivity contribution in [3.8, 4) is 0 Å². The van der Waals surface area contributed by atoms with Crippen LogP contribution < -0.4 is 0 Å². The Labute approximate surface area is 90.4 Å². The molecule has 0 aromatic rings. The van der Waals surface area contributed by atoms with Crippen molar-refractivity contribution in [2.45, 2.75) is 54.3 Å². The van der Waals surface area contributed by atoms with Crippen molar-refractivity contribution >= 4 is 0 Å². The van der Waals surface area contributed by atoms with Gasteiger partial charge < -0.3 is 0 Å². The summed E-state index contributed by atoms with van der Waals surface area (Å²) in [5.74, 6) is -0.714. The van der Waals surface area contributed by atoms with Crippen molar-refractivity contribution < 1.29 is 6.85 Å². The van der Waals surface area contributed by atoms with Gasteiger partial charge in [-0.3, -0.25) is 0 Å². The molecule has 1 unspecified atom stereocenters. The van der Waals surface area contributed by atoms with Gasteiger partial charge in [0.25, 0.3) is 0 Å². The van der Waals surface area contributed by atoms with E-state index in [1.807, 2.05) is 41.5 Å². The van der Waals surface area contributed by atoms with E-state index in [9.17, 15) is 0 Å². The van der Waals surface area contributed by atoms with Crippen molar-refractivity contribution in [3.05, 3.63) is 11.6 Å². The maximum atomic E-state index is 8.27. The van der Waals surface area contributed by atoms with Gasteiger partial charge in [0.1, 0.15) is 0 Å². The number of hydrogen-bond acceptors (Lipinski definition) is 0. The smallest absolute Gasteiger partial charge is 0.0579 e. The monoisotopic (exact) mass is 185 g/mol. The fraction of sp³-hybridized carbons (Fsp3) is 0.846. The summed E-state index contributed by atoms with van der Waals surface area (Å²) < 4.78 is 40.9. The largest absolute Gasteiger partial charge is 0.0811 e. The van der Waals surface area contributed by atoms with Gasteiger partial charge >= 0.3 is 0 Å². The molecule has 0 radical (unpaired) electrons. The third-order valence-electron chi connectivity index (χ3n) is 2.25. The third-order valence-corrected chi connectivity index (χ3v) is 2.25. The van der Waals surface area contributed by atoms with Gasteiger partial charge in [0, 0.05) is 5.48 Å². The van der Waals surface area contributed by atoms with Gasteiger partial charge in [0.2, 0.25) is 0 Å². The molecule has 0 N–H and O–H groups in total.